The third kappa shape index (κ3) is 1.90. The summed E-state index contributed by atoms with van der Waals surface area (Å²) in [5, 5.41) is 8.91. The fourth-order valence-electron chi connectivity index (χ4n) is 2.61. The Labute approximate surface area is 97.5 Å². The van der Waals surface area contributed by atoms with Crippen molar-refractivity contribution in [3.63, 3.8) is 0 Å². The quantitative estimate of drug-likeness (QED) is 0.718. The number of benzene rings is 1. The third-order valence-electron chi connectivity index (χ3n) is 3.45. The van der Waals surface area contributed by atoms with Gasteiger partial charge in [0, 0.05) is 18.3 Å². The summed E-state index contributed by atoms with van der Waals surface area (Å²) >= 11 is 0. The fourth-order valence-corrected chi connectivity index (χ4v) is 2.61. The lowest BCUT2D eigenvalue weighted by atomic mass is 10.1. The minimum Gasteiger partial charge on any atom is -0.369 e. The van der Waals surface area contributed by atoms with E-state index in [0.29, 0.717) is 6.04 Å². The number of hydrogen-bond acceptors (Lipinski definition) is 2. The zero-order chi connectivity index (χ0) is 11.7. The molecule has 1 aromatic carbocycles. The zero-order valence-electron chi connectivity index (χ0n) is 10.2. The van der Waals surface area contributed by atoms with Gasteiger partial charge in [-0.15, -0.1) is 0 Å². The van der Waals surface area contributed by atoms with Gasteiger partial charge in [-0.05, 0) is 49.9 Å². The van der Waals surface area contributed by atoms with Gasteiger partial charge in [0.05, 0.1) is 11.6 Å². The average Bonchev–Trinajstić information content (AvgIpc) is 2.58. The summed E-state index contributed by atoms with van der Waals surface area (Å²) in [6.45, 7) is 7.71. The molecule has 0 bridgehead atoms. The molecule has 2 unspecified atom stereocenters. The Hall–Kier alpha value is -1.49. The van der Waals surface area contributed by atoms with Crippen LogP contribution in [-0.4, -0.2) is 12.6 Å². The van der Waals surface area contributed by atoms with Crippen LogP contribution >= 0.6 is 0 Å². The smallest absolute Gasteiger partial charge is 0.0994 e. The topological polar surface area (TPSA) is 27.0 Å². The van der Waals surface area contributed by atoms with E-state index in [9.17, 15) is 0 Å². The van der Waals surface area contributed by atoms with Crippen LogP contribution in [0.15, 0.2) is 18.2 Å². The van der Waals surface area contributed by atoms with Gasteiger partial charge in [-0.3, -0.25) is 0 Å². The van der Waals surface area contributed by atoms with Gasteiger partial charge in [0.25, 0.3) is 0 Å². The standard InChI is InChI=1S/C14H18N2/c1-10-6-12(3)16(9-10)14-5-4-13(8-15)11(2)7-14/h4-5,7,10,12H,6,9H2,1-3H3. The highest BCUT2D eigenvalue weighted by molar-refractivity contribution is 5.54. The first-order chi connectivity index (χ1) is 7.61. The van der Waals surface area contributed by atoms with Gasteiger partial charge < -0.3 is 4.90 Å². The molecule has 1 heterocycles. The summed E-state index contributed by atoms with van der Waals surface area (Å²) < 4.78 is 0. The third-order valence-corrected chi connectivity index (χ3v) is 3.45. The van der Waals surface area contributed by atoms with Gasteiger partial charge in [0.2, 0.25) is 0 Å². The average molecular weight is 214 g/mol. The van der Waals surface area contributed by atoms with E-state index < -0.39 is 0 Å². The second-order valence-electron chi connectivity index (χ2n) is 4.95. The number of nitriles is 1. The highest BCUT2D eigenvalue weighted by atomic mass is 15.2. The summed E-state index contributed by atoms with van der Waals surface area (Å²) in [7, 11) is 0. The largest absolute Gasteiger partial charge is 0.369 e. The molecule has 0 amide bonds. The van der Waals surface area contributed by atoms with Crippen molar-refractivity contribution in [1.29, 1.82) is 5.26 Å². The van der Waals surface area contributed by atoms with Crippen LogP contribution < -0.4 is 4.90 Å². The van der Waals surface area contributed by atoms with Crippen LogP contribution in [0.3, 0.4) is 0 Å². The van der Waals surface area contributed by atoms with E-state index in [1.165, 1.54) is 12.1 Å². The summed E-state index contributed by atoms with van der Waals surface area (Å²) in [5.74, 6) is 0.769. The summed E-state index contributed by atoms with van der Waals surface area (Å²) in [6, 6.07) is 8.96. The monoisotopic (exact) mass is 214 g/mol. The molecule has 0 saturated carbocycles. The normalized spacial score (nSPS) is 24.5. The Morgan fingerprint density at radius 3 is 2.62 bits per heavy atom. The minimum atomic E-state index is 0.613. The molecule has 2 heteroatoms. The fraction of sp³-hybridized carbons (Fsp3) is 0.500. The first-order valence-electron chi connectivity index (χ1n) is 5.89. The van der Waals surface area contributed by atoms with Gasteiger partial charge in [-0.25, -0.2) is 0 Å². The van der Waals surface area contributed by atoms with E-state index in [1.54, 1.807) is 0 Å². The molecule has 84 valence electrons. The molecular weight excluding hydrogens is 196 g/mol. The molecule has 1 saturated heterocycles. The highest BCUT2D eigenvalue weighted by Crippen LogP contribution is 2.29. The van der Waals surface area contributed by atoms with Crippen molar-refractivity contribution < 1.29 is 0 Å². The summed E-state index contributed by atoms with van der Waals surface area (Å²) in [6.07, 6.45) is 1.26. The van der Waals surface area contributed by atoms with Crippen LogP contribution in [0.25, 0.3) is 0 Å². The van der Waals surface area contributed by atoms with Gasteiger partial charge in [-0.2, -0.15) is 5.26 Å². The van der Waals surface area contributed by atoms with Crippen molar-refractivity contribution in [2.75, 3.05) is 11.4 Å². The number of rotatable bonds is 1. The molecule has 0 spiro atoms. The number of aryl methyl sites for hydroxylation is 1. The summed E-state index contributed by atoms with van der Waals surface area (Å²) in [5.41, 5.74) is 3.11. The first-order valence-corrected chi connectivity index (χ1v) is 5.89. The summed E-state index contributed by atoms with van der Waals surface area (Å²) in [4.78, 5) is 2.44. The van der Waals surface area contributed by atoms with E-state index in [-0.39, 0.29) is 0 Å². The maximum Gasteiger partial charge on any atom is 0.0994 e. The Bertz CT molecular complexity index is 431. The van der Waals surface area contributed by atoms with E-state index in [0.717, 1.165) is 23.6 Å². The van der Waals surface area contributed by atoms with Gasteiger partial charge in [-0.1, -0.05) is 6.92 Å². The van der Waals surface area contributed by atoms with Crippen molar-refractivity contribution in [3.05, 3.63) is 29.3 Å². The Morgan fingerprint density at radius 1 is 1.38 bits per heavy atom. The molecule has 2 rings (SSSR count). The van der Waals surface area contributed by atoms with Crippen LogP contribution in [-0.2, 0) is 0 Å². The molecule has 0 radical (unpaired) electrons. The van der Waals surface area contributed by atoms with E-state index >= 15 is 0 Å². The molecule has 1 aliphatic heterocycles. The van der Waals surface area contributed by atoms with Crippen LogP contribution in [0.4, 0.5) is 5.69 Å². The van der Waals surface area contributed by atoms with Gasteiger partial charge in [0.1, 0.15) is 0 Å². The lowest BCUT2D eigenvalue weighted by Crippen LogP contribution is -2.26. The maximum atomic E-state index is 8.91. The molecule has 0 aliphatic carbocycles. The van der Waals surface area contributed by atoms with Gasteiger partial charge in [0.15, 0.2) is 0 Å². The van der Waals surface area contributed by atoms with Crippen LogP contribution in [0.2, 0.25) is 0 Å². The van der Waals surface area contributed by atoms with E-state index in [4.69, 9.17) is 5.26 Å². The van der Waals surface area contributed by atoms with Crippen LogP contribution in [0.5, 0.6) is 0 Å². The number of anilines is 1. The van der Waals surface area contributed by atoms with Crippen molar-refractivity contribution in [2.24, 2.45) is 5.92 Å². The van der Waals surface area contributed by atoms with Crippen molar-refractivity contribution in [3.8, 4) is 6.07 Å². The molecule has 1 fully saturated rings. The highest BCUT2D eigenvalue weighted by Gasteiger charge is 2.26. The van der Waals surface area contributed by atoms with Crippen LogP contribution in [0, 0.1) is 24.2 Å². The Morgan fingerprint density at radius 2 is 2.12 bits per heavy atom. The Balaban J connectivity index is 2.29. The second kappa shape index (κ2) is 4.17. The molecular formula is C14H18N2. The lowest BCUT2D eigenvalue weighted by Gasteiger charge is -2.24. The molecule has 0 N–H and O–H groups in total. The molecule has 2 nitrogen and oxygen atoms in total. The van der Waals surface area contributed by atoms with Crippen LogP contribution in [0.1, 0.15) is 31.4 Å². The molecule has 2 atom stereocenters. The SMILES string of the molecule is Cc1cc(N2CC(C)CC2C)ccc1C#N. The second-order valence-corrected chi connectivity index (χ2v) is 4.95. The van der Waals surface area contributed by atoms with Gasteiger partial charge >= 0.3 is 0 Å². The first kappa shape index (κ1) is 11.0. The van der Waals surface area contributed by atoms with Crippen molar-refractivity contribution >= 4 is 5.69 Å². The predicted octanol–water partition coefficient (Wildman–Crippen LogP) is 3.10. The van der Waals surface area contributed by atoms with Crippen molar-refractivity contribution in [2.45, 2.75) is 33.2 Å². The molecule has 0 aromatic heterocycles. The van der Waals surface area contributed by atoms with E-state index in [2.05, 4.69) is 36.9 Å². The zero-order valence-corrected chi connectivity index (χ0v) is 10.2. The lowest BCUT2D eigenvalue weighted by molar-refractivity contribution is 0.625. The van der Waals surface area contributed by atoms with Crippen molar-refractivity contribution in [1.82, 2.24) is 0 Å². The minimum absolute atomic E-state index is 0.613. The van der Waals surface area contributed by atoms with E-state index in [1.807, 2.05) is 13.0 Å². The number of nitrogens with zero attached hydrogens (tertiary/aromatic N) is 2. The molecule has 16 heavy (non-hydrogen) atoms. The molecule has 1 aliphatic rings. The number of hydrogen-bond donors (Lipinski definition) is 0. The predicted molar refractivity (Wildman–Crippen MR) is 66.5 cm³/mol. The Kier molecular flexibility index (Phi) is 2.87. The maximum absolute atomic E-state index is 8.91. The molecule has 1 aromatic rings.